The van der Waals surface area contributed by atoms with Gasteiger partial charge in [0.05, 0.1) is 23.8 Å². The number of carbonyl (C=O) groups excluding carboxylic acids is 4. The molecule has 164 valence electrons. The second-order valence-corrected chi connectivity index (χ2v) is 7.58. The molecule has 11 nitrogen and oxygen atoms in total. The Morgan fingerprint density at radius 2 is 1.97 bits per heavy atom. The Labute approximate surface area is 181 Å². The molecular formula is C19H21N5O6S. The summed E-state index contributed by atoms with van der Waals surface area (Å²) < 4.78 is 10.4. The standard InChI is InChI=1S/C19H21N5O6S/c1-3-29-17(27)11-4-6-12(7-5-11)21-14(25)9-31-19-24-23-15(30-19)8-13-10(2)20-18(28)22-16(13)26/h4-7,10,13H,3,8-9H2,1-2H3,(H,21,25)(H2,20,22,26,28). The Balaban J connectivity index is 1.48. The van der Waals surface area contributed by atoms with Gasteiger partial charge in [-0.3, -0.25) is 14.9 Å². The van der Waals surface area contributed by atoms with Gasteiger partial charge in [-0.25, -0.2) is 9.59 Å². The van der Waals surface area contributed by atoms with Crippen molar-refractivity contribution < 1.29 is 28.3 Å². The van der Waals surface area contributed by atoms with E-state index in [9.17, 15) is 19.2 Å². The lowest BCUT2D eigenvalue weighted by molar-refractivity contribution is -0.125. The molecule has 2 unspecified atom stereocenters. The van der Waals surface area contributed by atoms with Gasteiger partial charge in [-0.2, -0.15) is 0 Å². The molecule has 1 aliphatic rings. The van der Waals surface area contributed by atoms with Crippen molar-refractivity contribution in [2.45, 2.75) is 31.5 Å². The number of rotatable bonds is 8. The van der Waals surface area contributed by atoms with Crippen molar-refractivity contribution in [2.24, 2.45) is 5.92 Å². The molecule has 0 aliphatic carbocycles. The summed E-state index contributed by atoms with van der Waals surface area (Å²) in [6.45, 7) is 3.73. The summed E-state index contributed by atoms with van der Waals surface area (Å²) in [6, 6.07) is 5.44. The SMILES string of the molecule is CCOC(=O)c1ccc(NC(=O)CSc2nnc(CC3C(=O)NC(=O)NC3C)o2)cc1. The van der Waals surface area contributed by atoms with Crippen molar-refractivity contribution in [3.63, 3.8) is 0 Å². The van der Waals surface area contributed by atoms with Crippen LogP contribution in [0.25, 0.3) is 0 Å². The molecule has 2 heterocycles. The Morgan fingerprint density at radius 3 is 2.65 bits per heavy atom. The molecule has 1 aromatic carbocycles. The van der Waals surface area contributed by atoms with E-state index in [2.05, 4.69) is 26.1 Å². The number of ether oxygens (including phenoxy) is 1. The van der Waals surface area contributed by atoms with Gasteiger partial charge in [0.1, 0.15) is 0 Å². The van der Waals surface area contributed by atoms with Gasteiger partial charge in [0.25, 0.3) is 5.22 Å². The minimum absolute atomic E-state index is 0.0254. The monoisotopic (exact) mass is 447 g/mol. The van der Waals surface area contributed by atoms with Crippen LogP contribution >= 0.6 is 11.8 Å². The van der Waals surface area contributed by atoms with Crippen LogP contribution in [0, 0.1) is 5.92 Å². The number of benzene rings is 1. The Bertz CT molecular complexity index is 976. The lowest BCUT2D eigenvalue weighted by atomic mass is 9.95. The van der Waals surface area contributed by atoms with Crippen molar-refractivity contribution in [1.29, 1.82) is 0 Å². The number of imide groups is 1. The smallest absolute Gasteiger partial charge is 0.338 e. The zero-order valence-corrected chi connectivity index (χ0v) is 17.7. The number of amides is 4. The molecule has 2 aromatic rings. The van der Waals surface area contributed by atoms with Crippen LogP contribution in [0.15, 0.2) is 33.9 Å². The van der Waals surface area contributed by atoms with E-state index in [0.29, 0.717) is 11.3 Å². The molecule has 3 N–H and O–H groups in total. The summed E-state index contributed by atoms with van der Waals surface area (Å²) >= 11 is 1.05. The van der Waals surface area contributed by atoms with E-state index >= 15 is 0 Å². The first kappa shape index (κ1) is 22.3. The number of hydrogen-bond acceptors (Lipinski definition) is 9. The number of thioether (sulfide) groups is 1. The lowest BCUT2D eigenvalue weighted by Gasteiger charge is -2.27. The molecule has 0 saturated carbocycles. The maximum Gasteiger partial charge on any atom is 0.338 e. The third kappa shape index (κ3) is 6.04. The molecule has 1 aromatic heterocycles. The largest absolute Gasteiger partial charge is 0.462 e. The normalized spacial score (nSPS) is 18.1. The molecule has 0 radical (unpaired) electrons. The molecule has 1 saturated heterocycles. The van der Waals surface area contributed by atoms with Gasteiger partial charge in [0, 0.05) is 18.2 Å². The number of hydrogen-bond donors (Lipinski definition) is 3. The predicted molar refractivity (Wildman–Crippen MR) is 109 cm³/mol. The van der Waals surface area contributed by atoms with Crippen molar-refractivity contribution in [2.75, 3.05) is 17.7 Å². The Morgan fingerprint density at radius 1 is 1.23 bits per heavy atom. The van der Waals surface area contributed by atoms with Gasteiger partial charge in [0.15, 0.2) is 0 Å². The predicted octanol–water partition coefficient (Wildman–Crippen LogP) is 1.36. The molecule has 3 rings (SSSR count). The average molecular weight is 447 g/mol. The first-order valence-corrected chi connectivity index (χ1v) is 10.5. The number of esters is 1. The molecule has 4 amide bonds. The van der Waals surface area contributed by atoms with Gasteiger partial charge >= 0.3 is 12.0 Å². The van der Waals surface area contributed by atoms with Crippen LogP contribution in [0.1, 0.15) is 30.1 Å². The molecular weight excluding hydrogens is 426 g/mol. The maximum absolute atomic E-state index is 12.1. The molecule has 12 heteroatoms. The Hall–Kier alpha value is -3.41. The van der Waals surface area contributed by atoms with Crippen LogP contribution in [-0.4, -0.2) is 52.4 Å². The van der Waals surface area contributed by atoms with E-state index in [1.807, 2.05) is 0 Å². The number of urea groups is 1. The van der Waals surface area contributed by atoms with Crippen molar-refractivity contribution in [3.8, 4) is 0 Å². The highest BCUT2D eigenvalue weighted by Gasteiger charge is 2.34. The van der Waals surface area contributed by atoms with Gasteiger partial charge in [-0.05, 0) is 38.1 Å². The first-order valence-electron chi connectivity index (χ1n) is 9.49. The molecule has 0 bridgehead atoms. The van der Waals surface area contributed by atoms with Gasteiger partial charge in [-0.1, -0.05) is 11.8 Å². The van der Waals surface area contributed by atoms with Gasteiger partial charge in [-0.15, -0.1) is 10.2 Å². The fourth-order valence-corrected chi connectivity index (χ4v) is 3.42. The highest BCUT2D eigenvalue weighted by molar-refractivity contribution is 7.99. The van der Waals surface area contributed by atoms with E-state index in [1.165, 1.54) is 0 Å². The lowest BCUT2D eigenvalue weighted by Crippen LogP contribution is -2.57. The summed E-state index contributed by atoms with van der Waals surface area (Å²) in [4.78, 5) is 47.0. The van der Waals surface area contributed by atoms with Gasteiger partial charge < -0.3 is 19.8 Å². The third-order valence-electron chi connectivity index (χ3n) is 4.39. The molecule has 1 fully saturated rings. The van der Waals surface area contributed by atoms with Crippen molar-refractivity contribution in [1.82, 2.24) is 20.8 Å². The summed E-state index contributed by atoms with van der Waals surface area (Å²) in [7, 11) is 0. The molecule has 1 aliphatic heterocycles. The van der Waals surface area contributed by atoms with Crippen molar-refractivity contribution in [3.05, 3.63) is 35.7 Å². The number of nitrogens with one attached hydrogen (secondary N) is 3. The zero-order valence-electron chi connectivity index (χ0n) is 16.8. The number of carbonyl (C=O) groups is 4. The molecule has 2 atom stereocenters. The highest BCUT2D eigenvalue weighted by Crippen LogP contribution is 2.20. The molecule has 31 heavy (non-hydrogen) atoms. The topological polar surface area (TPSA) is 153 Å². The van der Waals surface area contributed by atoms with E-state index in [4.69, 9.17) is 9.15 Å². The molecule has 0 spiro atoms. The number of aromatic nitrogens is 2. The van der Waals surface area contributed by atoms with E-state index < -0.39 is 23.8 Å². The van der Waals surface area contributed by atoms with Crippen LogP contribution in [-0.2, 0) is 20.7 Å². The quantitative estimate of drug-likeness (QED) is 0.402. The van der Waals surface area contributed by atoms with E-state index in [-0.39, 0.29) is 41.8 Å². The summed E-state index contributed by atoms with van der Waals surface area (Å²) in [5.74, 6) is -1.39. The van der Waals surface area contributed by atoms with E-state index in [0.717, 1.165) is 11.8 Å². The van der Waals surface area contributed by atoms with E-state index in [1.54, 1.807) is 38.1 Å². The van der Waals surface area contributed by atoms with Crippen LogP contribution in [0.4, 0.5) is 10.5 Å². The van der Waals surface area contributed by atoms with Crippen LogP contribution in [0.3, 0.4) is 0 Å². The fourth-order valence-electron chi connectivity index (χ4n) is 2.84. The second-order valence-electron chi connectivity index (χ2n) is 6.66. The maximum atomic E-state index is 12.1. The summed E-state index contributed by atoms with van der Waals surface area (Å²) in [5, 5.41) is 15.5. The highest BCUT2D eigenvalue weighted by atomic mass is 32.2. The minimum Gasteiger partial charge on any atom is -0.462 e. The number of nitrogens with zero attached hydrogens (tertiary/aromatic N) is 2. The van der Waals surface area contributed by atoms with Gasteiger partial charge in [0.2, 0.25) is 17.7 Å². The summed E-state index contributed by atoms with van der Waals surface area (Å²) in [6.07, 6.45) is 0.167. The first-order chi connectivity index (χ1) is 14.9. The third-order valence-corrected chi connectivity index (χ3v) is 5.20. The Kier molecular flexibility index (Phi) is 7.23. The minimum atomic E-state index is -0.531. The fraction of sp³-hybridized carbons (Fsp3) is 0.368. The van der Waals surface area contributed by atoms with Crippen LogP contribution in [0.5, 0.6) is 0 Å². The van der Waals surface area contributed by atoms with Crippen LogP contribution < -0.4 is 16.0 Å². The van der Waals surface area contributed by atoms with Crippen molar-refractivity contribution >= 4 is 41.3 Å². The summed E-state index contributed by atoms with van der Waals surface area (Å²) in [5.41, 5.74) is 0.928. The zero-order chi connectivity index (χ0) is 22.4. The average Bonchev–Trinajstić information content (AvgIpc) is 3.17. The van der Waals surface area contributed by atoms with Crippen LogP contribution in [0.2, 0.25) is 0 Å². The second kappa shape index (κ2) is 10.1. The number of anilines is 1.